The molecule has 0 bridgehead atoms. The molecular formula is C46H40N4O12. The first-order valence-electron chi connectivity index (χ1n) is 18.7. The summed E-state index contributed by atoms with van der Waals surface area (Å²) in [5.74, 6) is -6.88. The van der Waals surface area contributed by atoms with E-state index in [1.807, 2.05) is 6.07 Å². The van der Waals surface area contributed by atoms with Gasteiger partial charge >= 0.3 is 5.97 Å². The molecular weight excluding hydrogens is 801 g/mol. The Labute approximate surface area is 354 Å². The van der Waals surface area contributed by atoms with Crippen molar-refractivity contribution in [2.75, 3.05) is 30.2 Å². The number of ketones is 2. The number of aromatic carboxylic acids is 1. The largest absolute Gasteiger partial charge is 0.508 e. The molecule has 316 valence electrons. The number of hydrogen-bond acceptors (Lipinski definition) is 12. The summed E-state index contributed by atoms with van der Waals surface area (Å²) in [7, 11) is 2.36. The molecule has 62 heavy (non-hydrogen) atoms. The second-order valence-electron chi connectivity index (χ2n) is 13.8. The van der Waals surface area contributed by atoms with Crippen molar-refractivity contribution in [2.45, 2.75) is 26.2 Å². The molecule has 0 saturated carbocycles. The van der Waals surface area contributed by atoms with E-state index >= 15 is 0 Å². The van der Waals surface area contributed by atoms with Crippen molar-refractivity contribution in [3.8, 4) is 34.8 Å². The van der Waals surface area contributed by atoms with Gasteiger partial charge in [-0.3, -0.25) is 24.0 Å². The minimum absolute atomic E-state index is 0.00803. The van der Waals surface area contributed by atoms with Gasteiger partial charge in [0.2, 0.25) is 5.91 Å². The fourth-order valence-corrected chi connectivity index (χ4v) is 6.19. The average Bonchev–Trinajstić information content (AvgIpc) is 3.24. The van der Waals surface area contributed by atoms with Gasteiger partial charge in [0.1, 0.15) is 11.3 Å². The minimum Gasteiger partial charge on any atom is -0.508 e. The minimum atomic E-state index is -1.42. The number of rotatable bonds is 17. The lowest BCUT2D eigenvalue weighted by atomic mass is 9.94. The standard InChI is InChI=1S/C46H40N4O12/c1-25(22-26-6-14-32(51)15-7-26)37(52)23-27-4-8-28(9-5-27)38(53)24-30(20-21-47)44(57)48-31-12-10-29(11-13-31)43(56)49-35-18-16-33(39(54)41(35)61-2)45(58)50-36-19-17-34(46(59)60)40(55)42(36)62-3/h4-19,22,30,51,54-55H,20,23-24H2,1-3H3,(H,48,57)(H,49,56)(H,50,58)(H,59,60)/b25-22+/t30-/m1/s1. The molecule has 0 aliphatic rings. The summed E-state index contributed by atoms with van der Waals surface area (Å²) in [6, 6.07) is 25.3. The van der Waals surface area contributed by atoms with Crippen molar-refractivity contribution in [2.24, 2.45) is 5.92 Å². The van der Waals surface area contributed by atoms with Crippen LogP contribution < -0.4 is 25.4 Å². The Balaban J connectivity index is 1.18. The Morgan fingerprint density at radius 1 is 0.694 bits per heavy atom. The molecule has 16 nitrogen and oxygen atoms in total. The maximum Gasteiger partial charge on any atom is 0.339 e. The highest BCUT2D eigenvalue weighted by atomic mass is 16.5. The normalized spacial score (nSPS) is 11.4. The van der Waals surface area contributed by atoms with E-state index in [2.05, 4.69) is 16.0 Å². The molecule has 0 heterocycles. The van der Waals surface area contributed by atoms with Crippen LogP contribution in [-0.2, 0) is 16.0 Å². The Hall–Kier alpha value is -8.45. The van der Waals surface area contributed by atoms with Crippen LogP contribution in [0.1, 0.15) is 72.3 Å². The van der Waals surface area contributed by atoms with Gasteiger partial charge in [0.25, 0.3) is 11.8 Å². The van der Waals surface area contributed by atoms with Crippen LogP contribution in [0.15, 0.2) is 103 Å². The summed E-state index contributed by atoms with van der Waals surface area (Å²) >= 11 is 0. The number of nitrogens with zero attached hydrogens (tertiary/aromatic N) is 1. The van der Waals surface area contributed by atoms with Crippen molar-refractivity contribution in [1.82, 2.24) is 0 Å². The number of methoxy groups -OCH3 is 2. The van der Waals surface area contributed by atoms with Crippen LogP contribution in [0.25, 0.3) is 6.08 Å². The zero-order valence-corrected chi connectivity index (χ0v) is 33.5. The third kappa shape index (κ3) is 10.8. The van der Waals surface area contributed by atoms with E-state index in [9.17, 15) is 54.5 Å². The summed E-state index contributed by atoms with van der Waals surface area (Å²) in [5, 5.41) is 57.0. The molecule has 16 heteroatoms. The number of benzene rings is 5. The smallest absolute Gasteiger partial charge is 0.339 e. The maximum absolute atomic E-state index is 13.2. The molecule has 0 spiro atoms. The summed E-state index contributed by atoms with van der Waals surface area (Å²) in [6.07, 6.45) is 1.30. The number of carbonyl (C=O) groups is 6. The second kappa shape index (κ2) is 20.0. The number of carboxylic acids is 1. The summed E-state index contributed by atoms with van der Waals surface area (Å²) in [6.45, 7) is 1.70. The van der Waals surface area contributed by atoms with Gasteiger partial charge in [-0.25, -0.2) is 4.79 Å². The van der Waals surface area contributed by atoms with Gasteiger partial charge in [-0.15, -0.1) is 0 Å². The molecule has 5 rings (SSSR count). The van der Waals surface area contributed by atoms with Crippen molar-refractivity contribution < 1.29 is 58.7 Å². The van der Waals surface area contributed by atoms with Gasteiger partial charge < -0.3 is 45.9 Å². The van der Waals surface area contributed by atoms with Crippen LogP contribution in [-0.4, -0.2) is 69.9 Å². The predicted octanol–water partition coefficient (Wildman–Crippen LogP) is 6.98. The fraction of sp³-hybridized carbons (Fsp3) is 0.152. The molecule has 0 fully saturated rings. The van der Waals surface area contributed by atoms with E-state index in [-0.39, 0.29) is 76.3 Å². The molecule has 7 N–H and O–H groups in total. The highest BCUT2D eigenvalue weighted by Crippen LogP contribution is 2.40. The molecule has 0 radical (unpaired) electrons. The predicted molar refractivity (Wildman–Crippen MR) is 227 cm³/mol. The van der Waals surface area contributed by atoms with Crippen molar-refractivity contribution >= 4 is 58.4 Å². The van der Waals surface area contributed by atoms with Crippen LogP contribution in [0.3, 0.4) is 0 Å². The Morgan fingerprint density at radius 3 is 1.81 bits per heavy atom. The van der Waals surface area contributed by atoms with Crippen LogP contribution in [0.5, 0.6) is 28.7 Å². The molecule has 1 atom stereocenters. The quantitative estimate of drug-likeness (QED) is 0.0369. The molecule has 0 aliphatic heterocycles. The van der Waals surface area contributed by atoms with E-state index in [1.165, 1.54) is 61.7 Å². The zero-order valence-electron chi connectivity index (χ0n) is 33.5. The first-order valence-corrected chi connectivity index (χ1v) is 18.7. The fourth-order valence-electron chi connectivity index (χ4n) is 6.19. The number of anilines is 3. The highest BCUT2D eigenvalue weighted by Gasteiger charge is 2.25. The SMILES string of the molecule is COc1c(NC(=O)c2ccc(NC(=O)c3ccc(NC(=O)[C@H](CC#N)CC(=O)c4ccc(CC(=O)/C(C)=C/c5ccc(O)cc5)cc4)cc3)c(OC)c2O)ccc(C(=O)O)c1O. The highest BCUT2D eigenvalue weighted by molar-refractivity contribution is 6.10. The molecule has 0 aliphatic carbocycles. The topological polar surface area (TPSA) is 262 Å². The number of hydrogen-bond donors (Lipinski definition) is 7. The first-order chi connectivity index (χ1) is 29.6. The monoisotopic (exact) mass is 840 g/mol. The molecule has 0 saturated heterocycles. The number of carbonyl (C=O) groups excluding carboxylic acids is 5. The number of nitriles is 1. The molecule has 0 aromatic heterocycles. The van der Waals surface area contributed by atoms with Crippen molar-refractivity contribution in [3.63, 3.8) is 0 Å². The number of ether oxygens (including phenoxy) is 2. The third-order valence-electron chi connectivity index (χ3n) is 9.55. The Kier molecular flexibility index (Phi) is 14.4. The third-order valence-corrected chi connectivity index (χ3v) is 9.55. The summed E-state index contributed by atoms with van der Waals surface area (Å²) < 4.78 is 10.3. The lowest BCUT2D eigenvalue weighted by molar-refractivity contribution is -0.119. The number of aromatic hydroxyl groups is 3. The number of carboxylic acid groups (broad SMARTS) is 1. The van der Waals surface area contributed by atoms with Gasteiger partial charge in [0.05, 0.1) is 43.1 Å². The molecule has 3 amide bonds. The number of Topliss-reactive ketones (excluding diaryl/α,β-unsaturated/α-hetero) is 2. The lowest BCUT2D eigenvalue weighted by Gasteiger charge is -2.16. The van der Waals surface area contributed by atoms with Gasteiger partial charge in [0.15, 0.2) is 34.6 Å². The maximum atomic E-state index is 13.2. The van der Waals surface area contributed by atoms with Gasteiger partial charge in [0, 0.05) is 36.1 Å². The number of allylic oxidation sites excluding steroid dienone is 1. The van der Waals surface area contributed by atoms with Crippen LogP contribution in [0.4, 0.5) is 17.1 Å². The van der Waals surface area contributed by atoms with E-state index in [4.69, 9.17) is 9.47 Å². The van der Waals surface area contributed by atoms with Crippen LogP contribution in [0.2, 0.25) is 0 Å². The molecule has 5 aromatic carbocycles. The van der Waals surface area contributed by atoms with E-state index in [0.29, 0.717) is 16.7 Å². The Bertz CT molecular complexity index is 2610. The van der Waals surface area contributed by atoms with Crippen LogP contribution in [0, 0.1) is 17.2 Å². The van der Waals surface area contributed by atoms with Crippen molar-refractivity contribution in [3.05, 3.63) is 136 Å². The number of phenols is 3. The first kappa shape index (κ1) is 44.6. The van der Waals surface area contributed by atoms with Gasteiger partial charge in [-0.05, 0) is 90.4 Å². The van der Waals surface area contributed by atoms with Gasteiger partial charge in [-0.2, -0.15) is 5.26 Å². The Morgan fingerprint density at radius 2 is 1.24 bits per heavy atom. The second-order valence-corrected chi connectivity index (χ2v) is 13.8. The average molecular weight is 841 g/mol. The van der Waals surface area contributed by atoms with E-state index in [1.54, 1.807) is 49.4 Å². The zero-order chi connectivity index (χ0) is 45.1. The number of phenolic OH excluding ortho intramolecular Hbond substituents is 2. The molecule has 0 unspecified atom stereocenters. The lowest BCUT2D eigenvalue weighted by Crippen LogP contribution is -2.25. The summed E-state index contributed by atoms with van der Waals surface area (Å²) in [5.41, 5.74) is 1.81. The van der Waals surface area contributed by atoms with E-state index in [0.717, 1.165) is 18.7 Å². The van der Waals surface area contributed by atoms with Gasteiger partial charge in [-0.1, -0.05) is 36.4 Å². The number of nitrogens with one attached hydrogen (secondary N) is 3. The number of amides is 3. The summed E-state index contributed by atoms with van der Waals surface area (Å²) in [4.78, 5) is 76.9. The van der Waals surface area contributed by atoms with Crippen LogP contribution >= 0.6 is 0 Å². The molecule has 5 aromatic rings. The van der Waals surface area contributed by atoms with Crippen molar-refractivity contribution in [1.29, 1.82) is 5.26 Å². The van der Waals surface area contributed by atoms with E-state index < -0.39 is 46.7 Å².